The van der Waals surface area contributed by atoms with Gasteiger partial charge in [0.05, 0.1) is 0 Å². The van der Waals surface area contributed by atoms with E-state index in [9.17, 15) is 9.59 Å². The molecule has 2 aromatic carbocycles. The van der Waals surface area contributed by atoms with E-state index < -0.39 is 0 Å². The average molecular weight is 351 g/mol. The molecule has 136 valence electrons. The summed E-state index contributed by atoms with van der Waals surface area (Å²) < 4.78 is 0. The first-order valence-electron chi connectivity index (χ1n) is 8.94. The predicted molar refractivity (Wildman–Crippen MR) is 104 cm³/mol. The van der Waals surface area contributed by atoms with Gasteiger partial charge in [-0.25, -0.2) is 0 Å². The Kier molecular flexibility index (Phi) is 5.56. The van der Waals surface area contributed by atoms with Crippen molar-refractivity contribution in [2.75, 3.05) is 24.3 Å². The number of benzene rings is 2. The first kappa shape index (κ1) is 18.0. The molecule has 1 heterocycles. The molecule has 26 heavy (non-hydrogen) atoms. The van der Waals surface area contributed by atoms with Gasteiger partial charge in [0.25, 0.3) is 0 Å². The zero-order chi connectivity index (χ0) is 18.5. The minimum Gasteiger partial charge on any atom is -0.378 e. The Labute approximate surface area is 154 Å². The fourth-order valence-electron chi connectivity index (χ4n) is 3.15. The Morgan fingerprint density at radius 1 is 1.15 bits per heavy atom. The maximum Gasteiger partial charge on any atom is 0.227 e. The monoisotopic (exact) mass is 351 g/mol. The molecule has 5 heteroatoms. The Balaban J connectivity index is 1.46. The van der Waals surface area contributed by atoms with Crippen LogP contribution in [0.15, 0.2) is 48.5 Å². The van der Waals surface area contributed by atoms with Crippen LogP contribution in [0.25, 0.3) is 0 Å². The Morgan fingerprint density at radius 3 is 2.62 bits per heavy atom. The van der Waals surface area contributed by atoms with Crippen molar-refractivity contribution >= 4 is 23.2 Å². The number of rotatable bonds is 6. The SMILES string of the molecule is CN(C)c1ccc(CNC(=O)CCC2Cc3ccccc3NC2=O)cc1. The van der Waals surface area contributed by atoms with Gasteiger partial charge in [0.2, 0.25) is 11.8 Å². The first-order valence-corrected chi connectivity index (χ1v) is 8.94. The molecule has 2 N–H and O–H groups in total. The number of amides is 2. The Hall–Kier alpha value is -2.82. The number of carbonyl (C=O) groups excluding carboxylic acids is 2. The van der Waals surface area contributed by atoms with Gasteiger partial charge < -0.3 is 15.5 Å². The van der Waals surface area contributed by atoms with Gasteiger partial charge in [0.15, 0.2) is 0 Å². The van der Waals surface area contributed by atoms with Crippen LogP contribution in [0, 0.1) is 5.92 Å². The summed E-state index contributed by atoms with van der Waals surface area (Å²) in [6, 6.07) is 15.9. The largest absolute Gasteiger partial charge is 0.378 e. The zero-order valence-electron chi connectivity index (χ0n) is 15.3. The fourth-order valence-corrected chi connectivity index (χ4v) is 3.15. The maximum atomic E-state index is 12.2. The number of carbonyl (C=O) groups is 2. The van der Waals surface area contributed by atoms with E-state index in [1.807, 2.05) is 67.5 Å². The van der Waals surface area contributed by atoms with Gasteiger partial charge in [0, 0.05) is 44.4 Å². The number of para-hydroxylation sites is 1. The molecule has 2 amide bonds. The van der Waals surface area contributed by atoms with Gasteiger partial charge in [-0.15, -0.1) is 0 Å². The van der Waals surface area contributed by atoms with Crippen molar-refractivity contribution in [2.24, 2.45) is 5.92 Å². The molecule has 0 aliphatic carbocycles. The van der Waals surface area contributed by atoms with E-state index in [0.717, 1.165) is 22.5 Å². The number of nitrogens with one attached hydrogen (secondary N) is 2. The van der Waals surface area contributed by atoms with Crippen LogP contribution < -0.4 is 15.5 Å². The van der Waals surface area contributed by atoms with Crippen LogP contribution in [-0.4, -0.2) is 25.9 Å². The fraction of sp³-hybridized carbons (Fsp3) is 0.333. The third-order valence-electron chi connectivity index (χ3n) is 4.77. The van der Waals surface area contributed by atoms with Crippen LogP contribution in [-0.2, 0) is 22.6 Å². The molecule has 1 aliphatic heterocycles. The smallest absolute Gasteiger partial charge is 0.227 e. The van der Waals surface area contributed by atoms with E-state index in [0.29, 0.717) is 25.8 Å². The highest BCUT2D eigenvalue weighted by Crippen LogP contribution is 2.27. The van der Waals surface area contributed by atoms with Crippen molar-refractivity contribution in [3.8, 4) is 0 Å². The summed E-state index contributed by atoms with van der Waals surface area (Å²) in [5.41, 5.74) is 4.22. The van der Waals surface area contributed by atoms with E-state index in [1.54, 1.807) is 0 Å². The summed E-state index contributed by atoms with van der Waals surface area (Å²) in [4.78, 5) is 26.4. The van der Waals surface area contributed by atoms with Gasteiger partial charge in [0.1, 0.15) is 0 Å². The molecule has 0 aromatic heterocycles. The van der Waals surface area contributed by atoms with Crippen LogP contribution in [0.5, 0.6) is 0 Å². The van der Waals surface area contributed by atoms with Gasteiger partial charge >= 0.3 is 0 Å². The van der Waals surface area contributed by atoms with Crippen molar-refractivity contribution in [3.63, 3.8) is 0 Å². The quantitative estimate of drug-likeness (QED) is 0.841. The average Bonchev–Trinajstić information content (AvgIpc) is 2.65. The van der Waals surface area contributed by atoms with E-state index >= 15 is 0 Å². The third-order valence-corrected chi connectivity index (χ3v) is 4.77. The van der Waals surface area contributed by atoms with E-state index in [1.165, 1.54) is 0 Å². The molecule has 0 bridgehead atoms. The predicted octanol–water partition coefficient (Wildman–Crippen LogP) is 2.96. The minimum atomic E-state index is -0.143. The van der Waals surface area contributed by atoms with E-state index in [-0.39, 0.29) is 17.7 Å². The molecule has 0 fully saturated rings. The lowest BCUT2D eigenvalue weighted by Gasteiger charge is -2.24. The van der Waals surface area contributed by atoms with Crippen LogP contribution >= 0.6 is 0 Å². The number of anilines is 2. The molecule has 0 saturated heterocycles. The van der Waals surface area contributed by atoms with Gasteiger partial charge in [-0.2, -0.15) is 0 Å². The summed E-state index contributed by atoms with van der Waals surface area (Å²) in [5, 5.41) is 5.87. The summed E-state index contributed by atoms with van der Waals surface area (Å²) in [6.45, 7) is 0.506. The van der Waals surface area contributed by atoms with E-state index in [2.05, 4.69) is 10.6 Å². The molecule has 1 atom stereocenters. The van der Waals surface area contributed by atoms with Gasteiger partial charge in [-0.1, -0.05) is 30.3 Å². The second-order valence-electron chi connectivity index (χ2n) is 6.92. The molecule has 1 aliphatic rings. The molecule has 0 spiro atoms. The summed E-state index contributed by atoms with van der Waals surface area (Å²) in [7, 11) is 3.99. The van der Waals surface area contributed by atoms with Crippen molar-refractivity contribution in [3.05, 3.63) is 59.7 Å². The number of fused-ring (bicyclic) bond motifs is 1. The highest BCUT2D eigenvalue weighted by atomic mass is 16.2. The second-order valence-corrected chi connectivity index (χ2v) is 6.92. The lowest BCUT2D eigenvalue weighted by atomic mass is 9.89. The van der Waals surface area contributed by atoms with Crippen molar-refractivity contribution < 1.29 is 9.59 Å². The maximum absolute atomic E-state index is 12.2. The number of nitrogens with zero attached hydrogens (tertiary/aromatic N) is 1. The topological polar surface area (TPSA) is 61.4 Å². The Morgan fingerprint density at radius 2 is 1.88 bits per heavy atom. The normalized spacial score (nSPS) is 15.8. The molecule has 2 aromatic rings. The van der Waals surface area contributed by atoms with Gasteiger partial charge in [-0.05, 0) is 42.2 Å². The zero-order valence-corrected chi connectivity index (χ0v) is 15.3. The second kappa shape index (κ2) is 8.04. The number of hydrogen-bond acceptors (Lipinski definition) is 3. The van der Waals surface area contributed by atoms with Crippen LogP contribution in [0.1, 0.15) is 24.0 Å². The Bertz CT molecular complexity index is 784. The summed E-state index contributed by atoms with van der Waals surface area (Å²) in [5.74, 6) is -0.154. The third kappa shape index (κ3) is 4.42. The van der Waals surface area contributed by atoms with Crippen molar-refractivity contribution in [1.82, 2.24) is 5.32 Å². The molecule has 1 unspecified atom stereocenters. The van der Waals surface area contributed by atoms with Crippen LogP contribution in [0.2, 0.25) is 0 Å². The van der Waals surface area contributed by atoms with Crippen molar-refractivity contribution in [1.29, 1.82) is 0 Å². The molecule has 0 radical (unpaired) electrons. The molecule has 0 saturated carbocycles. The van der Waals surface area contributed by atoms with E-state index in [4.69, 9.17) is 0 Å². The highest BCUT2D eigenvalue weighted by molar-refractivity contribution is 5.96. The summed E-state index contributed by atoms with van der Waals surface area (Å²) in [6.07, 6.45) is 1.61. The standard InChI is InChI=1S/C21H25N3O2/c1-24(2)18-10-7-15(8-11-18)14-22-20(25)12-9-17-13-16-5-3-4-6-19(16)23-21(17)26/h3-8,10-11,17H,9,12-14H2,1-2H3,(H,22,25)(H,23,26). The minimum absolute atomic E-state index is 0.00998. The molecule has 3 rings (SSSR count). The van der Waals surface area contributed by atoms with Crippen LogP contribution in [0.3, 0.4) is 0 Å². The van der Waals surface area contributed by atoms with Crippen molar-refractivity contribution in [2.45, 2.75) is 25.8 Å². The van der Waals surface area contributed by atoms with Gasteiger partial charge in [-0.3, -0.25) is 9.59 Å². The summed E-state index contributed by atoms with van der Waals surface area (Å²) >= 11 is 0. The highest BCUT2D eigenvalue weighted by Gasteiger charge is 2.26. The molecule has 5 nitrogen and oxygen atoms in total. The molecular formula is C21H25N3O2. The number of hydrogen-bond donors (Lipinski definition) is 2. The first-order chi connectivity index (χ1) is 12.5. The lowest BCUT2D eigenvalue weighted by molar-refractivity contribution is -0.122. The van der Waals surface area contributed by atoms with Crippen LogP contribution in [0.4, 0.5) is 11.4 Å². The molecular weight excluding hydrogens is 326 g/mol. The lowest BCUT2D eigenvalue weighted by Crippen LogP contribution is -2.31.